The molecule has 0 atom stereocenters. The predicted octanol–water partition coefficient (Wildman–Crippen LogP) is 2.02. The first kappa shape index (κ1) is 13.7. The van der Waals surface area contributed by atoms with Crippen molar-refractivity contribution in [3.05, 3.63) is 23.2 Å². The summed E-state index contributed by atoms with van der Waals surface area (Å²) < 4.78 is 5.27. The number of ketones is 1. The van der Waals surface area contributed by atoms with Crippen LogP contribution in [-0.2, 0) is 4.79 Å². The van der Waals surface area contributed by atoms with E-state index in [-0.39, 0.29) is 5.78 Å². The molecule has 1 heterocycles. The summed E-state index contributed by atoms with van der Waals surface area (Å²) in [7, 11) is 1.58. The van der Waals surface area contributed by atoms with E-state index in [1.54, 1.807) is 26.2 Å². The number of rotatable bonds is 4. The summed E-state index contributed by atoms with van der Waals surface area (Å²) in [6.45, 7) is 3.36. The first-order valence-corrected chi connectivity index (χ1v) is 6.37. The third-order valence-corrected chi connectivity index (χ3v) is 2.99. The lowest BCUT2D eigenvalue weighted by Crippen LogP contribution is -2.36. The zero-order valence-corrected chi connectivity index (χ0v) is 11.7. The first-order valence-electron chi connectivity index (χ1n) is 5.99. The Labute approximate surface area is 117 Å². The van der Waals surface area contributed by atoms with Crippen molar-refractivity contribution in [2.24, 2.45) is 4.99 Å². The second-order valence-electron chi connectivity index (χ2n) is 4.30. The van der Waals surface area contributed by atoms with Crippen LogP contribution in [0.5, 0.6) is 5.75 Å². The van der Waals surface area contributed by atoms with E-state index in [0.29, 0.717) is 29.8 Å². The molecule has 6 heteroatoms. The zero-order valence-electron chi connectivity index (χ0n) is 10.9. The average Bonchev–Trinajstić information content (AvgIpc) is 2.78. The van der Waals surface area contributed by atoms with Gasteiger partial charge >= 0.3 is 0 Å². The number of ether oxygens (including phenoxy) is 1. The molecule has 1 N–H and O–H groups in total. The molecule has 0 fully saturated rings. The smallest absolute Gasteiger partial charge is 0.199 e. The Morgan fingerprint density at radius 1 is 1.58 bits per heavy atom. The molecule has 0 radical (unpaired) electrons. The summed E-state index contributed by atoms with van der Waals surface area (Å²) in [6, 6.07) is 5.33. The van der Waals surface area contributed by atoms with E-state index in [4.69, 9.17) is 16.3 Å². The van der Waals surface area contributed by atoms with E-state index in [2.05, 4.69) is 10.3 Å². The molecule has 1 aromatic carbocycles. The van der Waals surface area contributed by atoms with Gasteiger partial charge in [-0.2, -0.15) is 0 Å². The van der Waals surface area contributed by atoms with Gasteiger partial charge in [-0.25, -0.2) is 0 Å². The number of nitrogens with one attached hydrogen (secondary N) is 1. The Bertz CT molecular complexity index is 517. The number of carbonyl (C=O) groups excluding carboxylic acids is 1. The summed E-state index contributed by atoms with van der Waals surface area (Å²) in [5.74, 6) is 1.44. The topological polar surface area (TPSA) is 53.9 Å². The van der Waals surface area contributed by atoms with Crippen molar-refractivity contribution in [2.45, 2.75) is 6.92 Å². The second-order valence-corrected chi connectivity index (χ2v) is 4.73. The van der Waals surface area contributed by atoms with Gasteiger partial charge in [0.1, 0.15) is 11.5 Å². The van der Waals surface area contributed by atoms with Gasteiger partial charge in [-0.3, -0.25) is 9.79 Å². The number of nitrogens with zero attached hydrogens (tertiary/aromatic N) is 2. The molecular weight excluding hydrogens is 266 g/mol. The molecule has 0 unspecified atom stereocenters. The van der Waals surface area contributed by atoms with Crippen molar-refractivity contribution in [3.8, 4) is 5.75 Å². The number of carbonyl (C=O) groups is 1. The minimum absolute atomic E-state index is 0.111. The minimum Gasteiger partial charge on any atom is -0.495 e. The van der Waals surface area contributed by atoms with E-state index in [1.165, 1.54) is 0 Å². The molecule has 1 aliphatic rings. The molecule has 0 saturated heterocycles. The number of benzene rings is 1. The SMILES string of the molecule is COc1cc(Cl)ccc1NC1=NCCN1CC(C)=O. The number of halogens is 1. The molecule has 1 aliphatic heterocycles. The van der Waals surface area contributed by atoms with Gasteiger partial charge in [0.25, 0.3) is 0 Å². The van der Waals surface area contributed by atoms with Crippen LogP contribution in [0.2, 0.25) is 5.02 Å². The van der Waals surface area contributed by atoms with Gasteiger partial charge < -0.3 is 15.0 Å². The van der Waals surface area contributed by atoms with Crippen molar-refractivity contribution in [1.29, 1.82) is 0 Å². The monoisotopic (exact) mass is 281 g/mol. The largest absolute Gasteiger partial charge is 0.495 e. The van der Waals surface area contributed by atoms with Crippen LogP contribution < -0.4 is 10.1 Å². The molecule has 2 rings (SSSR count). The fourth-order valence-corrected chi connectivity index (χ4v) is 2.07. The van der Waals surface area contributed by atoms with Crippen molar-refractivity contribution in [2.75, 3.05) is 32.1 Å². The van der Waals surface area contributed by atoms with E-state index in [9.17, 15) is 4.79 Å². The number of anilines is 1. The quantitative estimate of drug-likeness (QED) is 0.917. The molecule has 0 spiro atoms. The number of hydrogen-bond donors (Lipinski definition) is 1. The summed E-state index contributed by atoms with van der Waals surface area (Å²) in [6.07, 6.45) is 0. The van der Waals surface area contributed by atoms with Crippen molar-refractivity contribution in [3.63, 3.8) is 0 Å². The molecule has 19 heavy (non-hydrogen) atoms. The molecule has 0 aliphatic carbocycles. The summed E-state index contributed by atoms with van der Waals surface area (Å²) in [5.41, 5.74) is 0.779. The van der Waals surface area contributed by atoms with Crippen LogP contribution in [0, 0.1) is 0 Å². The molecule has 0 saturated carbocycles. The number of Topliss-reactive ketones (excluding diaryl/α,β-unsaturated/α-hetero) is 1. The van der Waals surface area contributed by atoms with E-state index in [1.807, 2.05) is 11.0 Å². The summed E-state index contributed by atoms with van der Waals surface area (Å²) >= 11 is 5.92. The molecular formula is C13H16ClN3O2. The fraction of sp³-hybridized carbons (Fsp3) is 0.385. The Morgan fingerprint density at radius 2 is 2.37 bits per heavy atom. The van der Waals surface area contributed by atoms with Crippen molar-refractivity contribution in [1.82, 2.24) is 4.90 Å². The number of aliphatic imine (C=N–C) groups is 1. The number of guanidine groups is 1. The molecule has 0 bridgehead atoms. The fourth-order valence-electron chi connectivity index (χ4n) is 1.91. The highest BCUT2D eigenvalue weighted by molar-refractivity contribution is 6.30. The third-order valence-electron chi connectivity index (χ3n) is 2.75. The normalized spacial score (nSPS) is 14.3. The van der Waals surface area contributed by atoms with Gasteiger partial charge in [0.15, 0.2) is 5.96 Å². The standard InChI is InChI=1S/C13H16ClN3O2/c1-9(18)8-17-6-5-15-13(17)16-11-4-3-10(14)7-12(11)19-2/h3-4,7H,5-6,8H2,1-2H3,(H,15,16). The van der Waals surface area contributed by atoms with E-state index in [0.717, 1.165) is 12.2 Å². The van der Waals surface area contributed by atoms with Crippen LogP contribution in [0.15, 0.2) is 23.2 Å². The minimum atomic E-state index is 0.111. The van der Waals surface area contributed by atoms with Gasteiger partial charge in [0, 0.05) is 17.6 Å². The van der Waals surface area contributed by atoms with Crippen LogP contribution in [-0.4, -0.2) is 43.4 Å². The molecule has 5 nitrogen and oxygen atoms in total. The highest BCUT2D eigenvalue weighted by atomic mass is 35.5. The summed E-state index contributed by atoms with van der Waals surface area (Å²) in [5, 5.41) is 3.79. The van der Waals surface area contributed by atoms with Crippen LogP contribution in [0.25, 0.3) is 0 Å². The maximum Gasteiger partial charge on any atom is 0.199 e. The number of methoxy groups -OCH3 is 1. The van der Waals surface area contributed by atoms with Gasteiger partial charge in [-0.05, 0) is 19.1 Å². The Hall–Kier alpha value is -1.75. The second kappa shape index (κ2) is 5.93. The zero-order chi connectivity index (χ0) is 13.8. The van der Waals surface area contributed by atoms with Crippen molar-refractivity contribution >= 4 is 29.0 Å². The highest BCUT2D eigenvalue weighted by Gasteiger charge is 2.19. The first-order chi connectivity index (χ1) is 9.10. The maximum absolute atomic E-state index is 11.2. The highest BCUT2D eigenvalue weighted by Crippen LogP contribution is 2.28. The third kappa shape index (κ3) is 3.38. The van der Waals surface area contributed by atoms with Crippen LogP contribution in [0.1, 0.15) is 6.92 Å². The van der Waals surface area contributed by atoms with Crippen LogP contribution in [0.3, 0.4) is 0 Å². The van der Waals surface area contributed by atoms with Crippen molar-refractivity contribution < 1.29 is 9.53 Å². The predicted molar refractivity (Wildman–Crippen MR) is 76.2 cm³/mol. The Morgan fingerprint density at radius 3 is 3.05 bits per heavy atom. The van der Waals surface area contributed by atoms with Gasteiger partial charge in [-0.15, -0.1) is 0 Å². The van der Waals surface area contributed by atoms with E-state index >= 15 is 0 Å². The van der Waals surface area contributed by atoms with Crippen LogP contribution in [0.4, 0.5) is 5.69 Å². The Kier molecular flexibility index (Phi) is 4.27. The maximum atomic E-state index is 11.2. The molecule has 0 aromatic heterocycles. The molecule has 1 aromatic rings. The van der Waals surface area contributed by atoms with Gasteiger partial charge in [0.05, 0.1) is 25.9 Å². The van der Waals surface area contributed by atoms with Gasteiger partial charge in [-0.1, -0.05) is 11.6 Å². The molecule has 102 valence electrons. The lowest BCUT2D eigenvalue weighted by Gasteiger charge is -2.20. The lowest BCUT2D eigenvalue weighted by atomic mass is 10.3. The Balaban J connectivity index is 2.14. The van der Waals surface area contributed by atoms with E-state index < -0.39 is 0 Å². The summed E-state index contributed by atoms with van der Waals surface area (Å²) in [4.78, 5) is 17.5. The average molecular weight is 282 g/mol. The lowest BCUT2D eigenvalue weighted by molar-refractivity contribution is -0.117. The van der Waals surface area contributed by atoms with Crippen LogP contribution >= 0.6 is 11.6 Å². The van der Waals surface area contributed by atoms with Gasteiger partial charge in [0.2, 0.25) is 0 Å². The number of hydrogen-bond acceptors (Lipinski definition) is 5. The molecule has 0 amide bonds.